The van der Waals surface area contributed by atoms with E-state index in [4.69, 9.17) is 4.74 Å². The molecule has 2 aromatic carbocycles. The van der Waals surface area contributed by atoms with Gasteiger partial charge in [-0.2, -0.15) is 0 Å². The lowest BCUT2D eigenvalue weighted by molar-refractivity contribution is 0.102. The lowest BCUT2D eigenvalue weighted by Gasteiger charge is -2.10. The fourth-order valence-corrected chi connectivity index (χ4v) is 1.79. The third-order valence-electron chi connectivity index (χ3n) is 2.62. The Kier molecular flexibility index (Phi) is 3.90. The number of halogens is 2. The van der Waals surface area contributed by atoms with Gasteiger partial charge in [0.2, 0.25) is 5.78 Å². The van der Waals surface area contributed by atoms with Gasteiger partial charge in [-0.05, 0) is 31.2 Å². The molecular formula is C15H12F2O2. The first-order valence-corrected chi connectivity index (χ1v) is 5.85. The quantitative estimate of drug-likeness (QED) is 0.787. The average molecular weight is 262 g/mol. The third kappa shape index (κ3) is 2.62. The predicted octanol–water partition coefficient (Wildman–Crippen LogP) is 3.59. The standard InChI is InChI=1S/C15H12F2O2/c1-2-19-13-9-4-3-6-10(13)15(18)14-11(16)7-5-8-12(14)17/h3-9H,2H2,1H3. The maximum Gasteiger partial charge on any atom is 0.202 e. The van der Waals surface area contributed by atoms with Crippen LogP contribution in [0, 0.1) is 11.6 Å². The Hall–Kier alpha value is -2.23. The van der Waals surface area contributed by atoms with E-state index in [1.54, 1.807) is 25.1 Å². The fourth-order valence-electron chi connectivity index (χ4n) is 1.79. The second kappa shape index (κ2) is 5.61. The van der Waals surface area contributed by atoms with E-state index in [1.807, 2.05) is 0 Å². The topological polar surface area (TPSA) is 26.3 Å². The van der Waals surface area contributed by atoms with Crippen LogP contribution in [-0.4, -0.2) is 12.4 Å². The monoisotopic (exact) mass is 262 g/mol. The van der Waals surface area contributed by atoms with Crippen LogP contribution in [0.3, 0.4) is 0 Å². The molecule has 0 aliphatic carbocycles. The van der Waals surface area contributed by atoms with Crippen molar-refractivity contribution < 1.29 is 18.3 Å². The summed E-state index contributed by atoms with van der Waals surface area (Å²) in [5.41, 5.74) is -0.414. The smallest absolute Gasteiger partial charge is 0.202 e. The van der Waals surface area contributed by atoms with Crippen molar-refractivity contribution in [3.05, 3.63) is 65.2 Å². The SMILES string of the molecule is CCOc1ccccc1C(=O)c1c(F)cccc1F. The lowest BCUT2D eigenvalue weighted by Crippen LogP contribution is -2.09. The number of rotatable bonds is 4. The van der Waals surface area contributed by atoms with E-state index < -0.39 is 23.0 Å². The van der Waals surface area contributed by atoms with Gasteiger partial charge in [0.05, 0.1) is 17.7 Å². The number of ether oxygens (including phenoxy) is 1. The Bertz CT molecular complexity index is 589. The average Bonchev–Trinajstić information content (AvgIpc) is 2.39. The number of carbonyl (C=O) groups excluding carboxylic acids is 1. The van der Waals surface area contributed by atoms with Gasteiger partial charge in [-0.15, -0.1) is 0 Å². The molecule has 0 fully saturated rings. The first kappa shape index (κ1) is 13.2. The number of benzene rings is 2. The van der Waals surface area contributed by atoms with E-state index in [2.05, 4.69) is 0 Å². The summed E-state index contributed by atoms with van der Waals surface area (Å²) in [6.07, 6.45) is 0. The highest BCUT2D eigenvalue weighted by Gasteiger charge is 2.21. The summed E-state index contributed by atoms with van der Waals surface area (Å²) in [6.45, 7) is 2.13. The summed E-state index contributed by atoms with van der Waals surface area (Å²) in [4.78, 5) is 12.2. The molecule has 0 bridgehead atoms. The van der Waals surface area contributed by atoms with E-state index in [-0.39, 0.29) is 5.56 Å². The molecule has 0 saturated carbocycles. The Balaban J connectivity index is 2.50. The van der Waals surface area contributed by atoms with E-state index in [0.29, 0.717) is 12.4 Å². The molecule has 0 unspecified atom stereocenters. The number of hydrogen-bond acceptors (Lipinski definition) is 2. The first-order chi connectivity index (χ1) is 9.15. The molecule has 0 amide bonds. The van der Waals surface area contributed by atoms with Crippen LogP contribution in [0.1, 0.15) is 22.8 Å². The molecule has 4 heteroatoms. The largest absolute Gasteiger partial charge is 0.493 e. The number of para-hydroxylation sites is 1. The molecule has 0 heterocycles. The van der Waals surface area contributed by atoms with Gasteiger partial charge in [0.25, 0.3) is 0 Å². The van der Waals surface area contributed by atoms with Crippen molar-refractivity contribution >= 4 is 5.78 Å². The fraction of sp³-hybridized carbons (Fsp3) is 0.133. The maximum absolute atomic E-state index is 13.6. The summed E-state index contributed by atoms with van der Waals surface area (Å²) in [5, 5.41) is 0. The van der Waals surface area contributed by atoms with Crippen molar-refractivity contribution in [3.63, 3.8) is 0 Å². The molecule has 2 nitrogen and oxygen atoms in total. The molecule has 19 heavy (non-hydrogen) atoms. The van der Waals surface area contributed by atoms with Gasteiger partial charge in [0, 0.05) is 0 Å². The van der Waals surface area contributed by atoms with Gasteiger partial charge in [0.15, 0.2) is 0 Å². The van der Waals surface area contributed by atoms with Crippen LogP contribution in [0.2, 0.25) is 0 Å². The van der Waals surface area contributed by atoms with Gasteiger partial charge in [-0.25, -0.2) is 8.78 Å². The van der Waals surface area contributed by atoms with E-state index in [0.717, 1.165) is 12.1 Å². The molecule has 0 atom stereocenters. The summed E-state index contributed by atoms with van der Waals surface area (Å²) < 4.78 is 32.5. The molecule has 0 saturated heterocycles. The summed E-state index contributed by atoms with van der Waals surface area (Å²) in [7, 11) is 0. The van der Waals surface area contributed by atoms with Crippen molar-refractivity contribution in [2.75, 3.05) is 6.61 Å². The minimum absolute atomic E-state index is 0.147. The van der Waals surface area contributed by atoms with E-state index in [1.165, 1.54) is 12.1 Å². The minimum atomic E-state index is -0.878. The van der Waals surface area contributed by atoms with Crippen LogP contribution in [0.25, 0.3) is 0 Å². The van der Waals surface area contributed by atoms with E-state index >= 15 is 0 Å². The highest BCUT2D eigenvalue weighted by molar-refractivity contribution is 6.11. The maximum atomic E-state index is 13.6. The zero-order chi connectivity index (χ0) is 13.8. The molecule has 0 N–H and O–H groups in total. The Labute approximate surface area is 109 Å². The number of carbonyl (C=O) groups is 1. The van der Waals surface area contributed by atoms with Gasteiger partial charge < -0.3 is 4.74 Å². The highest BCUT2D eigenvalue weighted by atomic mass is 19.1. The zero-order valence-corrected chi connectivity index (χ0v) is 10.3. The molecule has 0 spiro atoms. The van der Waals surface area contributed by atoms with Crippen LogP contribution < -0.4 is 4.74 Å². The van der Waals surface area contributed by atoms with Gasteiger partial charge >= 0.3 is 0 Å². The molecule has 0 radical (unpaired) electrons. The predicted molar refractivity (Wildman–Crippen MR) is 67.4 cm³/mol. The molecular weight excluding hydrogens is 250 g/mol. The molecule has 0 aromatic heterocycles. The van der Waals surface area contributed by atoms with Gasteiger partial charge in [-0.3, -0.25) is 4.79 Å². The number of hydrogen-bond donors (Lipinski definition) is 0. The Morgan fingerprint density at radius 3 is 2.32 bits per heavy atom. The van der Waals surface area contributed by atoms with Crippen LogP contribution >= 0.6 is 0 Å². The van der Waals surface area contributed by atoms with Crippen molar-refractivity contribution in [1.29, 1.82) is 0 Å². The van der Waals surface area contributed by atoms with Crippen molar-refractivity contribution in [2.45, 2.75) is 6.92 Å². The molecule has 2 aromatic rings. The summed E-state index contributed by atoms with van der Waals surface area (Å²) in [6, 6.07) is 9.72. The lowest BCUT2D eigenvalue weighted by atomic mass is 10.0. The minimum Gasteiger partial charge on any atom is -0.493 e. The second-order valence-electron chi connectivity index (χ2n) is 3.85. The zero-order valence-electron chi connectivity index (χ0n) is 10.3. The van der Waals surface area contributed by atoms with Crippen LogP contribution in [0.15, 0.2) is 42.5 Å². The number of ketones is 1. The summed E-state index contributed by atoms with van der Waals surface area (Å²) >= 11 is 0. The van der Waals surface area contributed by atoms with Crippen LogP contribution in [-0.2, 0) is 0 Å². The third-order valence-corrected chi connectivity index (χ3v) is 2.62. The molecule has 98 valence electrons. The molecule has 0 aliphatic rings. The summed E-state index contributed by atoms with van der Waals surface area (Å²) in [5.74, 6) is -2.16. The van der Waals surface area contributed by atoms with Crippen LogP contribution in [0.5, 0.6) is 5.75 Å². The highest BCUT2D eigenvalue weighted by Crippen LogP contribution is 2.24. The van der Waals surface area contributed by atoms with Crippen molar-refractivity contribution in [1.82, 2.24) is 0 Å². The van der Waals surface area contributed by atoms with Crippen molar-refractivity contribution in [3.8, 4) is 5.75 Å². The Morgan fingerprint density at radius 2 is 1.68 bits per heavy atom. The normalized spacial score (nSPS) is 10.3. The Morgan fingerprint density at radius 1 is 1.05 bits per heavy atom. The van der Waals surface area contributed by atoms with Crippen molar-refractivity contribution in [2.24, 2.45) is 0 Å². The molecule has 0 aliphatic heterocycles. The van der Waals surface area contributed by atoms with E-state index in [9.17, 15) is 13.6 Å². The van der Waals surface area contributed by atoms with Gasteiger partial charge in [-0.1, -0.05) is 18.2 Å². The molecule has 2 rings (SSSR count). The van der Waals surface area contributed by atoms with Gasteiger partial charge in [0.1, 0.15) is 17.4 Å². The first-order valence-electron chi connectivity index (χ1n) is 5.85. The van der Waals surface area contributed by atoms with Crippen LogP contribution in [0.4, 0.5) is 8.78 Å². The second-order valence-corrected chi connectivity index (χ2v) is 3.85.